The molecule has 0 fully saturated rings. The number of nitrogens with zero attached hydrogens (tertiary/aromatic N) is 1. The molecule has 0 saturated carbocycles. The molecule has 0 amide bonds. The lowest BCUT2D eigenvalue weighted by molar-refractivity contribution is 0.618. The lowest BCUT2D eigenvalue weighted by Gasteiger charge is -2.13. The third-order valence-electron chi connectivity index (χ3n) is 2.56. The first kappa shape index (κ1) is 14.0. The second kappa shape index (κ2) is 6.18. The summed E-state index contributed by atoms with van der Waals surface area (Å²) >= 11 is 6.44. The van der Waals surface area contributed by atoms with Gasteiger partial charge in [0.25, 0.3) is 0 Å². The maximum atomic E-state index is 13.5. The quantitative estimate of drug-likeness (QED) is 0.806. The van der Waals surface area contributed by atoms with Gasteiger partial charge in [-0.05, 0) is 57.9 Å². The monoisotopic (exact) mass is 382 g/mol. The first-order chi connectivity index (χ1) is 9.10. The molecule has 0 aromatic heterocycles. The highest BCUT2D eigenvalue weighted by Crippen LogP contribution is 2.24. The van der Waals surface area contributed by atoms with Crippen LogP contribution in [0.3, 0.4) is 0 Å². The van der Waals surface area contributed by atoms with E-state index < -0.39 is 6.04 Å². The van der Waals surface area contributed by atoms with Crippen LogP contribution in [0.15, 0.2) is 51.4 Å². The molecule has 2 rings (SSSR count). The molecule has 2 aromatic carbocycles. The molecule has 0 aliphatic heterocycles. The van der Waals surface area contributed by atoms with E-state index in [1.165, 1.54) is 6.07 Å². The molecular weight excluding hydrogens is 375 g/mol. The van der Waals surface area contributed by atoms with E-state index in [0.717, 1.165) is 10.2 Å². The zero-order valence-corrected chi connectivity index (χ0v) is 12.9. The number of hydrogen-bond donors (Lipinski definition) is 1. The zero-order chi connectivity index (χ0) is 13.8. The van der Waals surface area contributed by atoms with Crippen LogP contribution in [-0.2, 0) is 0 Å². The summed E-state index contributed by atoms with van der Waals surface area (Å²) in [5, 5.41) is 12.3. The lowest BCUT2D eigenvalue weighted by Crippen LogP contribution is -2.08. The normalized spacial score (nSPS) is 11.7. The van der Waals surface area contributed by atoms with Gasteiger partial charge in [0, 0.05) is 10.2 Å². The van der Waals surface area contributed by atoms with Gasteiger partial charge >= 0.3 is 0 Å². The summed E-state index contributed by atoms with van der Waals surface area (Å²) in [6.07, 6.45) is 0. The Hall–Kier alpha value is -1.38. The Kier molecular flexibility index (Phi) is 4.56. The molecule has 1 N–H and O–H groups in total. The van der Waals surface area contributed by atoms with Gasteiger partial charge in [-0.2, -0.15) is 5.26 Å². The molecule has 0 aliphatic rings. The van der Waals surface area contributed by atoms with Crippen molar-refractivity contribution in [3.8, 4) is 6.07 Å². The van der Waals surface area contributed by atoms with Crippen molar-refractivity contribution in [1.29, 1.82) is 5.26 Å². The van der Waals surface area contributed by atoms with Crippen LogP contribution in [0.5, 0.6) is 0 Å². The average Bonchev–Trinajstić information content (AvgIpc) is 2.41. The van der Waals surface area contributed by atoms with Crippen molar-refractivity contribution in [3.63, 3.8) is 0 Å². The van der Waals surface area contributed by atoms with Crippen molar-refractivity contribution < 1.29 is 4.39 Å². The number of benzene rings is 2. The van der Waals surface area contributed by atoms with Crippen LogP contribution in [0.25, 0.3) is 0 Å². The molecule has 0 radical (unpaired) electrons. The van der Waals surface area contributed by atoms with E-state index in [1.54, 1.807) is 12.1 Å². The molecule has 2 nitrogen and oxygen atoms in total. The van der Waals surface area contributed by atoms with Gasteiger partial charge in [0.2, 0.25) is 0 Å². The van der Waals surface area contributed by atoms with Crippen LogP contribution in [0.1, 0.15) is 11.6 Å². The smallest absolute Gasteiger partial charge is 0.140 e. The minimum Gasteiger partial charge on any atom is -0.366 e. The molecule has 1 unspecified atom stereocenters. The maximum Gasteiger partial charge on any atom is 0.140 e. The van der Waals surface area contributed by atoms with Crippen LogP contribution < -0.4 is 5.32 Å². The fourth-order valence-electron chi connectivity index (χ4n) is 1.59. The first-order valence-electron chi connectivity index (χ1n) is 5.47. The van der Waals surface area contributed by atoms with Gasteiger partial charge in [-0.1, -0.05) is 22.0 Å². The van der Waals surface area contributed by atoms with Crippen LogP contribution in [0, 0.1) is 17.1 Å². The number of nitrogens with one attached hydrogen (secondary N) is 1. The summed E-state index contributed by atoms with van der Waals surface area (Å²) in [4.78, 5) is 0. The molecule has 0 spiro atoms. The van der Waals surface area contributed by atoms with E-state index in [1.807, 2.05) is 24.3 Å². The molecule has 0 heterocycles. The summed E-state index contributed by atoms with van der Waals surface area (Å²) in [7, 11) is 0. The second-order valence-electron chi connectivity index (χ2n) is 3.89. The number of rotatable bonds is 3. The van der Waals surface area contributed by atoms with Gasteiger partial charge in [-0.15, -0.1) is 0 Å². The number of hydrogen-bond acceptors (Lipinski definition) is 2. The third-order valence-corrected chi connectivity index (χ3v) is 3.73. The Morgan fingerprint density at radius 3 is 2.37 bits per heavy atom. The number of anilines is 1. The van der Waals surface area contributed by atoms with Crippen molar-refractivity contribution in [2.24, 2.45) is 0 Å². The van der Waals surface area contributed by atoms with Gasteiger partial charge in [-0.25, -0.2) is 4.39 Å². The van der Waals surface area contributed by atoms with Crippen molar-refractivity contribution in [3.05, 3.63) is 62.8 Å². The SMILES string of the molecule is N#CC(Nc1ccc(Br)cc1)c1ccc(Br)c(F)c1. The maximum absolute atomic E-state index is 13.5. The summed E-state index contributed by atoms with van der Waals surface area (Å²) in [6, 6.07) is 13.6. The highest BCUT2D eigenvalue weighted by Gasteiger charge is 2.12. The number of halogens is 3. The molecule has 19 heavy (non-hydrogen) atoms. The highest BCUT2D eigenvalue weighted by atomic mass is 79.9. The van der Waals surface area contributed by atoms with E-state index in [2.05, 4.69) is 43.2 Å². The predicted molar refractivity (Wildman–Crippen MR) is 80.2 cm³/mol. The molecule has 5 heteroatoms. The van der Waals surface area contributed by atoms with E-state index in [0.29, 0.717) is 10.0 Å². The van der Waals surface area contributed by atoms with Crippen LogP contribution >= 0.6 is 31.9 Å². The Morgan fingerprint density at radius 1 is 1.11 bits per heavy atom. The Bertz CT molecular complexity index is 620. The minimum atomic E-state index is -0.594. The summed E-state index contributed by atoms with van der Waals surface area (Å²) in [5.41, 5.74) is 1.39. The fourth-order valence-corrected chi connectivity index (χ4v) is 2.11. The van der Waals surface area contributed by atoms with E-state index >= 15 is 0 Å². The van der Waals surface area contributed by atoms with Gasteiger partial charge < -0.3 is 5.32 Å². The molecular formula is C14H9Br2FN2. The van der Waals surface area contributed by atoms with E-state index in [9.17, 15) is 9.65 Å². The van der Waals surface area contributed by atoms with Crippen molar-refractivity contribution in [2.45, 2.75) is 6.04 Å². The largest absolute Gasteiger partial charge is 0.366 e. The molecule has 2 aromatic rings. The van der Waals surface area contributed by atoms with Gasteiger partial charge in [0.1, 0.15) is 11.9 Å². The molecule has 0 saturated heterocycles. The van der Waals surface area contributed by atoms with Crippen molar-refractivity contribution in [1.82, 2.24) is 0 Å². The van der Waals surface area contributed by atoms with Gasteiger partial charge in [0.05, 0.1) is 10.5 Å². The predicted octanol–water partition coefficient (Wildman–Crippen LogP) is 5.03. The van der Waals surface area contributed by atoms with Gasteiger partial charge in [0.15, 0.2) is 0 Å². The molecule has 0 bridgehead atoms. The van der Waals surface area contributed by atoms with Crippen LogP contribution in [0.4, 0.5) is 10.1 Å². The summed E-state index contributed by atoms with van der Waals surface area (Å²) in [6.45, 7) is 0. The summed E-state index contributed by atoms with van der Waals surface area (Å²) in [5.74, 6) is -0.379. The van der Waals surface area contributed by atoms with Crippen molar-refractivity contribution >= 4 is 37.5 Å². The highest BCUT2D eigenvalue weighted by molar-refractivity contribution is 9.10. The standard InChI is InChI=1S/C14H9Br2FN2/c15-10-2-4-11(5-3-10)19-14(8-18)9-1-6-12(16)13(17)7-9/h1-7,14,19H. The zero-order valence-electron chi connectivity index (χ0n) is 9.70. The Labute approximate surface area is 127 Å². The van der Waals surface area contributed by atoms with E-state index in [4.69, 9.17) is 0 Å². The molecule has 0 aliphatic carbocycles. The lowest BCUT2D eigenvalue weighted by atomic mass is 10.1. The third kappa shape index (κ3) is 3.55. The number of nitriles is 1. The Balaban J connectivity index is 2.23. The van der Waals surface area contributed by atoms with E-state index in [-0.39, 0.29) is 5.82 Å². The van der Waals surface area contributed by atoms with Crippen LogP contribution in [-0.4, -0.2) is 0 Å². The second-order valence-corrected chi connectivity index (χ2v) is 5.66. The topological polar surface area (TPSA) is 35.8 Å². The fraction of sp³-hybridized carbons (Fsp3) is 0.0714. The minimum absolute atomic E-state index is 0.379. The van der Waals surface area contributed by atoms with Crippen LogP contribution in [0.2, 0.25) is 0 Å². The van der Waals surface area contributed by atoms with Crippen molar-refractivity contribution in [2.75, 3.05) is 5.32 Å². The average molecular weight is 384 g/mol. The molecule has 1 atom stereocenters. The van der Waals surface area contributed by atoms with Gasteiger partial charge in [-0.3, -0.25) is 0 Å². The Morgan fingerprint density at radius 2 is 1.79 bits per heavy atom. The first-order valence-corrected chi connectivity index (χ1v) is 7.05. The summed E-state index contributed by atoms with van der Waals surface area (Å²) < 4.78 is 14.8. The molecule has 96 valence electrons.